The number of hydrogen-bond acceptors (Lipinski definition) is 4. The third-order valence-corrected chi connectivity index (χ3v) is 3.57. The van der Waals surface area contributed by atoms with Crippen LogP contribution in [0.1, 0.15) is 26.7 Å². The molecule has 0 saturated carbocycles. The van der Waals surface area contributed by atoms with E-state index >= 15 is 0 Å². The van der Waals surface area contributed by atoms with Crippen molar-refractivity contribution < 1.29 is 9.47 Å². The van der Waals surface area contributed by atoms with Crippen molar-refractivity contribution in [1.29, 1.82) is 0 Å². The standard InChI is InChI=1S/C14H30N2O2/c1-13(2)15-10-14(6-5-8-18-12-14)11-16(3)7-9-17-4/h13,15H,5-12H2,1-4H3. The summed E-state index contributed by atoms with van der Waals surface area (Å²) in [5, 5.41) is 3.58. The highest BCUT2D eigenvalue weighted by molar-refractivity contribution is 4.87. The molecule has 1 atom stereocenters. The highest BCUT2D eigenvalue weighted by atomic mass is 16.5. The molecule has 0 spiro atoms. The number of hydrogen-bond donors (Lipinski definition) is 1. The van der Waals surface area contributed by atoms with E-state index in [1.807, 2.05) is 0 Å². The van der Waals surface area contributed by atoms with Gasteiger partial charge in [-0.25, -0.2) is 0 Å². The second kappa shape index (κ2) is 8.10. The van der Waals surface area contributed by atoms with E-state index in [0.717, 1.165) is 39.5 Å². The molecule has 1 aliphatic rings. The van der Waals surface area contributed by atoms with Crippen LogP contribution in [0, 0.1) is 5.41 Å². The average molecular weight is 258 g/mol. The molecule has 0 aromatic carbocycles. The van der Waals surface area contributed by atoms with Gasteiger partial charge >= 0.3 is 0 Å². The molecule has 1 fully saturated rings. The van der Waals surface area contributed by atoms with Gasteiger partial charge in [-0.2, -0.15) is 0 Å². The third-order valence-electron chi connectivity index (χ3n) is 3.57. The maximum Gasteiger partial charge on any atom is 0.0589 e. The Kier molecular flexibility index (Phi) is 7.15. The molecule has 1 unspecified atom stereocenters. The van der Waals surface area contributed by atoms with Crippen LogP contribution in [0.5, 0.6) is 0 Å². The first-order chi connectivity index (χ1) is 8.58. The summed E-state index contributed by atoms with van der Waals surface area (Å²) in [6, 6.07) is 0.535. The molecule has 1 aliphatic heterocycles. The topological polar surface area (TPSA) is 33.7 Å². The first-order valence-corrected chi connectivity index (χ1v) is 7.07. The molecular formula is C14H30N2O2. The quantitative estimate of drug-likeness (QED) is 0.713. The highest BCUT2D eigenvalue weighted by Gasteiger charge is 2.33. The van der Waals surface area contributed by atoms with Crippen LogP contribution in [0.25, 0.3) is 0 Å². The van der Waals surface area contributed by atoms with E-state index in [4.69, 9.17) is 9.47 Å². The molecule has 108 valence electrons. The van der Waals surface area contributed by atoms with Gasteiger partial charge in [-0.05, 0) is 19.9 Å². The van der Waals surface area contributed by atoms with E-state index in [1.165, 1.54) is 12.8 Å². The van der Waals surface area contributed by atoms with E-state index in [2.05, 4.69) is 31.1 Å². The van der Waals surface area contributed by atoms with Gasteiger partial charge in [0, 0.05) is 44.8 Å². The Morgan fingerprint density at radius 3 is 2.78 bits per heavy atom. The summed E-state index contributed by atoms with van der Waals surface area (Å²) in [5.41, 5.74) is 0.269. The second-order valence-electron chi connectivity index (χ2n) is 5.92. The molecule has 0 aromatic heterocycles. The van der Waals surface area contributed by atoms with Gasteiger partial charge in [-0.1, -0.05) is 13.8 Å². The molecule has 4 heteroatoms. The molecule has 1 N–H and O–H groups in total. The molecule has 0 aromatic rings. The van der Waals surface area contributed by atoms with E-state index in [1.54, 1.807) is 7.11 Å². The fourth-order valence-electron chi connectivity index (χ4n) is 2.55. The van der Waals surface area contributed by atoms with Crippen LogP contribution in [0.3, 0.4) is 0 Å². The van der Waals surface area contributed by atoms with Crippen molar-refractivity contribution in [3.8, 4) is 0 Å². The summed E-state index contributed by atoms with van der Waals surface area (Å²) in [5.74, 6) is 0. The van der Waals surface area contributed by atoms with E-state index < -0.39 is 0 Å². The molecule has 0 aliphatic carbocycles. The lowest BCUT2D eigenvalue weighted by Crippen LogP contribution is -2.49. The lowest BCUT2D eigenvalue weighted by Gasteiger charge is -2.40. The summed E-state index contributed by atoms with van der Waals surface area (Å²) < 4.78 is 10.9. The first-order valence-electron chi connectivity index (χ1n) is 7.07. The van der Waals surface area contributed by atoms with Crippen molar-refractivity contribution in [2.75, 3.05) is 53.6 Å². The number of ether oxygens (including phenoxy) is 2. The normalized spacial score (nSPS) is 25.0. The predicted octanol–water partition coefficient (Wildman–Crippen LogP) is 1.36. The van der Waals surface area contributed by atoms with Crippen molar-refractivity contribution in [3.05, 3.63) is 0 Å². The Bertz CT molecular complexity index is 216. The number of nitrogens with one attached hydrogen (secondary N) is 1. The fourth-order valence-corrected chi connectivity index (χ4v) is 2.55. The lowest BCUT2D eigenvalue weighted by molar-refractivity contribution is -0.0256. The smallest absolute Gasteiger partial charge is 0.0589 e. The minimum atomic E-state index is 0.269. The number of likely N-dealkylation sites (N-methyl/N-ethyl adjacent to an activating group) is 1. The van der Waals surface area contributed by atoms with Gasteiger partial charge in [-0.15, -0.1) is 0 Å². The second-order valence-corrected chi connectivity index (χ2v) is 5.92. The summed E-state index contributed by atoms with van der Waals surface area (Å²) >= 11 is 0. The molecule has 0 bridgehead atoms. The molecular weight excluding hydrogens is 228 g/mol. The van der Waals surface area contributed by atoms with Crippen LogP contribution in [0.2, 0.25) is 0 Å². The van der Waals surface area contributed by atoms with Crippen LogP contribution >= 0.6 is 0 Å². The largest absolute Gasteiger partial charge is 0.383 e. The maximum absolute atomic E-state index is 5.73. The van der Waals surface area contributed by atoms with Crippen molar-refractivity contribution in [2.24, 2.45) is 5.41 Å². The van der Waals surface area contributed by atoms with Crippen LogP contribution in [0.4, 0.5) is 0 Å². The number of methoxy groups -OCH3 is 1. The first kappa shape index (κ1) is 15.9. The summed E-state index contributed by atoms with van der Waals surface area (Å²) in [4.78, 5) is 2.36. The Morgan fingerprint density at radius 1 is 1.44 bits per heavy atom. The van der Waals surface area contributed by atoms with Gasteiger partial charge in [0.25, 0.3) is 0 Å². The lowest BCUT2D eigenvalue weighted by atomic mass is 9.81. The molecule has 4 nitrogen and oxygen atoms in total. The van der Waals surface area contributed by atoms with Crippen LogP contribution < -0.4 is 5.32 Å². The van der Waals surface area contributed by atoms with Gasteiger partial charge in [0.05, 0.1) is 13.2 Å². The van der Waals surface area contributed by atoms with Crippen molar-refractivity contribution in [1.82, 2.24) is 10.2 Å². The molecule has 0 amide bonds. The summed E-state index contributed by atoms with van der Waals surface area (Å²) in [6.07, 6.45) is 2.43. The van der Waals surface area contributed by atoms with Gasteiger partial charge in [0.15, 0.2) is 0 Å². The summed E-state index contributed by atoms with van der Waals surface area (Å²) in [6.45, 7) is 10.1. The van der Waals surface area contributed by atoms with Crippen LogP contribution in [0.15, 0.2) is 0 Å². The third kappa shape index (κ3) is 5.65. The molecule has 18 heavy (non-hydrogen) atoms. The zero-order valence-corrected chi connectivity index (χ0v) is 12.5. The van der Waals surface area contributed by atoms with Gasteiger partial charge in [-0.3, -0.25) is 0 Å². The van der Waals surface area contributed by atoms with Crippen molar-refractivity contribution in [2.45, 2.75) is 32.7 Å². The van der Waals surface area contributed by atoms with Gasteiger partial charge in [0.2, 0.25) is 0 Å². The van der Waals surface area contributed by atoms with E-state index in [9.17, 15) is 0 Å². The zero-order chi connectivity index (χ0) is 13.4. The molecule has 0 radical (unpaired) electrons. The van der Waals surface area contributed by atoms with Crippen molar-refractivity contribution in [3.63, 3.8) is 0 Å². The average Bonchev–Trinajstić information content (AvgIpc) is 2.35. The van der Waals surface area contributed by atoms with Crippen LogP contribution in [-0.4, -0.2) is 64.6 Å². The minimum absolute atomic E-state index is 0.269. The Hall–Kier alpha value is -0.160. The Labute approximate surface area is 112 Å². The predicted molar refractivity (Wildman–Crippen MR) is 75.0 cm³/mol. The fraction of sp³-hybridized carbons (Fsp3) is 1.00. The van der Waals surface area contributed by atoms with E-state index in [-0.39, 0.29) is 5.41 Å². The molecule has 1 saturated heterocycles. The maximum atomic E-state index is 5.73. The van der Waals surface area contributed by atoms with Crippen molar-refractivity contribution >= 4 is 0 Å². The highest BCUT2D eigenvalue weighted by Crippen LogP contribution is 2.29. The molecule has 1 heterocycles. The minimum Gasteiger partial charge on any atom is -0.383 e. The summed E-state index contributed by atoms with van der Waals surface area (Å²) in [7, 11) is 3.93. The van der Waals surface area contributed by atoms with E-state index in [0.29, 0.717) is 6.04 Å². The SMILES string of the molecule is COCCN(C)CC1(CNC(C)C)CCCOC1. The van der Waals surface area contributed by atoms with Crippen LogP contribution in [-0.2, 0) is 9.47 Å². The Balaban J connectivity index is 2.48. The monoisotopic (exact) mass is 258 g/mol. The van der Waals surface area contributed by atoms with Gasteiger partial charge < -0.3 is 19.7 Å². The number of rotatable bonds is 8. The van der Waals surface area contributed by atoms with Gasteiger partial charge in [0.1, 0.15) is 0 Å². The Morgan fingerprint density at radius 2 is 2.22 bits per heavy atom. The zero-order valence-electron chi connectivity index (χ0n) is 12.5. The number of nitrogens with zero attached hydrogens (tertiary/aromatic N) is 1. The molecule has 1 rings (SSSR count).